The van der Waals surface area contributed by atoms with E-state index in [4.69, 9.17) is 5.73 Å². The molecule has 0 saturated heterocycles. The second-order valence-corrected chi connectivity index (χ2v) is 3.08. The van der Waals surface area contributed by atoms with Crippen LogP contribution in [-0.2, 0) is 0 Å². The smallest absolute Gasteiger partial charge is 0.251 e. The van der Waals surface area contributed by atoms with Crippen LogP contribution in [0.1, 0.15) is 19.0 Å². The lowest BCUT2D eigenvalue weighted by molar-refractivity contribution is 1.08. The van der Waals surface area contributed by atoms with Crippen molar-refractivity contribution in [1.29, 1.82) is 0 Å². The van der Waals surface area contributed by atoms with Crippen LogP contribution in [0.15, 0.2) is 16.1 Å². The third-order valence-electron chi connectivity index (χ3n) is 1.75. The van der Waals surface area contributed by atoms with E-state index in [0.717, 1.165) is 17.8 Å². The van der Waals surface area contributed by atoms with E-state index in [1.54, 1.807) is 19.3 Å². The van der Waals surface area contributed by atoms with Crippen LogP contribution < -0.4 is 5.73 Å². The Morgan fingerprint density at radius 1 is 1.53 bits per heavy atom. The molecule has 0 saturated carbocycles. The number of rotatable bonds is 3. The van der Waals surface area contributed by atoms with Gasteiger partial charge >= 0.3 is 0 Å². The van der Waals surface area contributed by atoms with Gasteiger partial charge in [0.25, 0.3) is 5.95 Å². The molecule has 1 aromatic heterocycles. The van der Waals surface area contributed by atoms with E-state index < -0.39 is 0 Å². The third kappa shape index (κ3) is 3.46. The maximum absolute atomic E-state index is 5.60. The van der Waals surface area contributed by atoms with Crippen molar-refractivity contribution in [1.82, 2.24) is 9.97 Å². The molecule has 0 unspecified atom stereocenters. The molecule has 0 amide bonds. The van der Waals surface area contributed by atoms with E-state index in [2.05, 4.69) is 20.0 Å². The summed E-state index contributed by atoms with van der Waals surface area (Å²) >= 11 is 0. The highest BCUT2D eigenvalue weighted by atomic mass is 15.1. The molecule has 0 aliphatic carbocycles. The van der Waals surface area contributed by atoms with E-state index in [-0.39, 0.29) is 0 Å². The maximum atomic E-state index is 5.60. The maximum Gasteiger partial charge on any atom is 0.251 e. The quantitative estimate of drug-likeness (QED) is 0.760. The predicted molar refractivity (Wildman–Crippen MR) is 63.0 cm³/mol. The molecule has 1 heterocycles. The Bertz CT molecular complexity index is 375. The van der Waals surface area contributed by atoms with Gasteiger partial charge in [-0.3, -0.25) is 4.99 Å². The fraction of sp³-hybridized carbons (Fsp3) is 0.400. The Balaban J connectivity index is 3.05. The Kier molecular flexibility index (Phi) is 3.91. The zero-order valence-electron chi connectivity index (χ0n) is 9.23. The van der Waals surface area contributed by atoms with Gasteiger partial charge in [-0.25, -0.2) is 9.98 Å². The summed E-state index contributed by atoms with van der Waals surface area (Å²) in [5.74, 6) is 0.828. The zero-order valence-corrected chi connectivity index (χ0v) is 9.23. The second kappa shape index (κ2) is 5.19. The number of hydrogen-bond donors (Lipinski definition) is 1. The molecule has 0 bridgehead atoms. The highest BCUT2D eigenvalue weighted by Crippen LogP contribution is 2.09. The highest BCUT2D eigenvalue weighted by molar-refractivity contribution is 6.31. The molecular weight excluding hydrogens is 190 g/mol. The van der Waals surface area contributed by atoms with Crippen LogP contribution in [-0.4, -0.2) is 28.9 Å². The van der Waals surface area contributed by atoms with Crippen molar-refractivity contribution in [2.45, 2.75) is 20.3 Å². The first-order valence-electron chi connectivity index (χ1n) is 4.76. The molecule has 0 atom stereocenters. The van der Waals surface area contributed by atoms with E-state index in [0.29, 0.717) is 11.8 Å². The minimum Gasteiger partial charge on any atom is -0.384 e. The van der Waals surface area contributed by atoms with Crippen LogP contribution >= 0.6 is 0 Å². The van der Waals surface area contributed by atoms with Crippen LogP contribution in [0.2, 0.25) is 0 Å². The van der Waals surface area contributed by atoms with E-state index in [1.165, 1.54) is 0 Å². The molecule has 2 N–H and O–H groups in total. The number of aliphatic imine (C=N–C) groups is 2. The minimum atomic E-state index is 0.393. The first kappa shape index (κ1) is 11.3. The van der Waals surface area contributed by atoms with Gasteiger partial charge in [-0.15, -0.1) is 0 Å². The number of nitrogens with zero attached hydrogens (tertiary/aromatic N) is 4. The van der Waals surface area contributed by atoms with E-state index >= 15 is 0 Å². The number of nitrogen functional groups attached to an aromatic ring is 1. The van der Waals surface area contributed by atoms with Gasteiger partial charge in [-0.1, -0.05) is 6.92 Å². The van der Waals surface area contributed by atoms with Crippen LogP contribution in [0.4, 0.5) is 11.8 Å². The molecule has 80 valence electrons. The summed E-state index contributed by atoms with van der Waals surface area (Å²) in [6, 6.07) is 1.71. The van der Waals surface area contributed by atoms with Crippen molar-refractivity contribution in [3.05, 3.63) is 11.8 Å². The van der Waals surface area contributed by atoms with Crippen molar-refractivity contribution < 1.29 is 0 Å². The first-order valence-corrected chi connectivity index (χ1v) is 4.76. The topological polar surface area (TPSA) is 76.5 Å². The molecule has 0 aliphatic heterocycles. The number of hydrogen-bond acceptors (Lipinski definition) is 5. The normalized spacial score (nSPS) is 12.3. The van der Waals surface area contributed by atoms with Gasteiger partial charge in [-0.05, 0) is 13.3 Å². The second-order valence-electron chi connectivity index (χ2n) is 3.08. The molecule has 0 fully saturated rings. The van der Waals surface area contributed by atoms with Crippen LogP contribution in [0.5, 0.6) is 0 Å². The van der Waals surface area contributed by atoms with Crippen LogP contribution in [0.3, 0.4) is 0 Å². The Hall–Kier alpha value is -1.78. The van der Waals surface area contributed by atoms with Gasteiger partial charge < -0.3 is 5.73 Å². The van der Waals surface area contributed by atoms with Crippen molar-refractivity contribution >= 4 is 23.7 Å². The SMILES string of the molecule is CCC(C=NC)=Nc1nc(C)cc(N)n1. The van der Waals surface area contributed by atoms with Gasteiger partial charge in [0, 0.05) is 25.0 Å². The summed E-state index contributed by atoms with van der Waals surface area (Å²) in [5.41, 5.74) is 7.24. The summed E-state index contributed by atoms with van der Waals surface area (Å²) in [6.07, 6.45) is 2.48. The standard InChI is InChI=1S/C10H15N5/c1-4-8(6-12-3)14-10-13-7(2)5-9(11)15-10/h5-6H,4H2,1-3H3,(H2,11,13,15). The summed E-state index contributed by atoms with van der Waals surface area (Å²) in [4.78, 5) is 16.3. The van der Waals surface area contributed by atoms with Crippen molar-refractivity contribution in [3.63, 3.8) is 0 Å². The average molecular weight is 205 g/mol. The molecule has 5 nitrogen and oxygen atoms in total. The lowest BCUT2D eigenvalue weighted by Gasteiger charge is -1.99. The lowest BCUT2D eigenvalue weighted by atomic mass is 10.3. The number of anilines is 1. The number of aromatic nitrogens is 2. The molecule has 0 radical (unpaired) electrons. The average Bonchev–Trinajstić information content (AvgIpc) is 2.15. The van der Waals surface area contributed by atoms with E-state index in [9.17, 15) is 0 Å². The Morgan fingerprint density at radius 2 is 2.27 bits per heavy atom. The molecule has 0 aromatic carbocycles. The van der Waals surface area contributed by atoms with Crippen LogP contribution in [0, 0.1) is 6.92 Å². The largest absolute Gasteiger partial charge is 0.384 e. The molecule has 1 rings (SSSR count). The fourth-order valence-electron chi connectivity index (χ4n) is 1.10. The van der Waals surface area contributed by atoms with Gasteiger partial charge in [0.05, 0.1) is 5.71 Å². The van der Waals surface area contributed by atoms with Gasteiger partial charge in [0.1, 0.15) is 5.82 Å². The Morgan fingerprint density at radius 3 is 2.80 bits per heavy atom. The van der Waals surface area contributed by atoms with Gasteiger partial charge in [0.15, 0.2) is 0 Å². The zero-order chi connectivity index (χ0) is 11.3. The molecule has 1 aromatic rings. The lowest BCUT2D eigenvalue weighted by Crippen LogP contribution is -1.99. The molecule has 0 aliphatic rings. The molecule has 5 heteroatoms. The third-order valence-corrected chi connectivity index (χ3v) is 1.75. The van der Waals surface area contributed by atoms with Crippen molar-refractivity contribution in [2.24, 2.45) is 9.98 Å². The Labute approximate surface area is 89.2 Å². The predicted octanol–water partition coefficient (Wildman–Crippen LogP) is 1.55. The van der Waals surface area contributed by atoms with Gasteiger partial charge in [-0.2, -0.15) is 4.98 Å². The minimum absolute atomic E-state index is 0.393. The number of aryl methyl sites for hydroxylation is 1. The summed E-state index contributed by atoms with van der Waals surface area (Å²) in [7, 11) is 1.71. The van der Waals surface area contributed by atoms with E-state index in [1.807, 2.05) is 13.8 Å². The van der Waals surface area contributed by atoms with Crippen molar-refractivity contribution in [3.8, 4) is 0 Å². The monoisotopic (exact) mass is 205 g/mol. The number of nitrogens with two attached hydrogens (primary N) is 1. The summed E-state index contributed by atoms with van der Waals surface area (Å²) < 4.78 is 0. The van der Waals surface area contributed by atoms with Gasteiger partial charge in [0.2, 0.25) is 0 Å². The summed E-state index contributed by atoms with van der Waals surface area (Å²) in [6.45, 7) is 3.86. The highest BCUT2D eigenvalue weighted by Gasteiger charge is 1.99. The summed E-state index contributed by atoms with van der Waals surface area (Å²) in [5, 5.41) is 0. The van der Waals surface area contributed by atoms with Crippen molar-refractivity contribution in [2.75, 3.05) is 12.8 Å². The fourth-order valence-corrected chi connectivity index (χ4v) is 1.10. The molecule has 15 heavy (non-hydrogen) atoms. The van der Waals surface area contributed by atoms with Crippen LogP contribution in [0.25, 0.3) is 0 Å². The molecule has 0 spiro atoms. The molecular formula is C10H15N5. The first-order chi connectivity index (χ1) is 7.15.